The predicted octanol–water partition coefficient (Wildman–Crippen LogP) is -0.647. The first-order valence-corrected chi connectivity index (χ1v) is 6.17. The molecule has 0 aliphatic carbocycles. The summed E-state index contributed by atoms with van der Waals surface area (Å²) in [5.74, 6) is 0. The van der Waals surface area contributed by atoms with Crippen molar-refractivity contribution in [2.45, 2.75) is 25.5 Å². The first-order chi connectivity index (χ1) is 8.59. The monoisotopic (exact) mass is 253 g/mol. The highest BCUT2D eigenvalue weighted by molar-refractivity contribution is 5.05. The van der Waals surface area contributed by atoms with Crippen LogP contribution < -0.4 is 16.6 Å². The molecule has 2 heterocycles. The Labute approximate surface area is 105 Å². The number of hydrogen-bond acceptors (Lipinski definition) is 4. The molecule has 0 bridgehead atoms. The van der Waals surface area contributed by atoms with Crippen LogP contribution in [0.1, 0.15) is 18.4 Å². The molecule has 1 aromatic heterocycles. The van der Waals surface area contributed by atoms with Crippen molar-refractivity contribution in [1.29, 1.82) is 0 Å². The average Bonchev–Trinajstić information content (AvgIpc) is 2.86. The second-order valence-electron chi connectivity index (χ2n) is 4.68. The summed E-state index contributed by atoms with van der Waals surface area (Å²) in [4.78, 5) is 23.4. The van der Waals surface area contributed by atoms with Gasteiger partial charge in [-0.15, -0.1) is 0 Å². The molecule has 1 fully saturated rings. The molecule has 1 N–H and O–H groups in total. The van der Waals surface area contributed by atoms with Crippen LogP contribution in [0.4, 0.5) is 0 Å². The molecule has 1 atom stereocenters. The molecule has 2 rings (SSSR count). The summed E-state index contributed by atoms with van der Waals surface area (Å²) >= 11 is 0. The van der Waals surface area contributed by atoms with E-state index in [2.05, 4.69) is 5.32 Å². The van der Waals surface area contributed by atoms with Gasteiger partial charge in [0.25, 0.3) is 5.56 Å². The zero-order valence-corrected chi connectivity index (χ0v) is 10.8. The number of rotatable bonds is 4. The van der Waals surface area contributed by atoms with E-state index in [1.54, 1.807) is 13.2 Å². The molecule has 100 valence electrons. The maximum Gasteiger partial charge on any atom is 0.330 e. The number of nitrogens with zero attached hydrogens (tertiary/aromatic N) is 2. The highest BCUT2D eigenvalue weighted by Gasteiger charge is 2.15. The van der Waals surface area contributed by atoms with Crippen molar-refractivity contribution in [2.24, 2.45) is 14.1 Å². The van der Waals surface area contributed by atoms with Gasteiger partial charge in [0.2, 0.25) is 0 Å². The number of aryl methyl sites for hydroxylation is 1. The Balaban J connectivity index is 2.01. The van der Waals surface area contributed by atoms with Gasteiger partial charge in [0.1, 0.15) is 0 Å². The lowest BCUT2D eigenvalue weighted by Gasteiger charge is -2.11. The van der Waals surface area contributed by atoms with Gasteiger partial charge < -0.3 is 14.6 Å². The molecule has 18 heavy (non-hydrogen) atoms. The maximum atomic E-state index is 11.8. The molecule has 0 spiro atoms. The van der Waals surface area contributed by atoms with Crippen LogP contribution in [0, 0.1) is 0 Å². The predicted molar refractivity (Wildman–Crippen MR) is 67.6 cm³/mol. The fraction of sp³-hybridized carbons (Fsp3) is 0.667. The Hall–Kier alpha value is -1.40. The van der Waals surface area contributed by atoms with E-state index in [1.165, 1.54) is 11.6 Å². The number of hydrogen-bond donors (Lipinski definition) is 1. The van der Waals surface area contributed by atoms with E-state index < -0.39 is 0 Å². The molecular formula is C12H19N3O3. The van der Waals surface area contributed by atoms with E-state index >= 15 is 0 Å². The topological polar surface area (TPSA) is 65.3 Å². The van der Waals surface area contributed by atoms with Crippen molar-refractivity contribution < 1.29 is 4.74 Å². The van der Waals surface area contributed by atoms with Crippen molar-refractivity contribution in [2.75, 3.05) is 13.2 Å². The molecule has 1 unspecified atom stereocenters. The highest BCUT2D eigenvalue weighted by Crippen LogP contribution is 2.10. The third kappa shape index (κ3) is 2.70. The van der Waals surface area contributed by atoms with Crippen LogP contribution >= 0.6 is 0 Å². The third-order valence-corrected chi connectivity index (χ3v) is 3.23. The summed E-state index contributed by atoms with van der Waals surface area (Å²) in [7, 11) is 3.14. The minimum Gasteiger partial charge on any atom is -0.377 e. The van der Waals surface area contributed by atoms with Crippen LogP contribution in [-0.4, -0.2) is 28.4 Å². The van der Waals surface area contributed by atoms with Gasteiger partial charge in [-0.2, -0.15) is 0 Å². The minimum absolute atomic E-state index is 0.238. The van der Waals surface area contributed by atoms with Crippen molar-refractivity contribution in [3.8, 4) is 0 Å². The molecule has 6 nitrogen and oxygen atoms in total. The van der Waals surface area contributed by atoms with Crippen LogP contribution in [0.3, 0.4) is 0 Å². The molecule has 6 heteroatoms. The molecular weight excluding hydrogens is 234 g/mol. The summed E-state index contributed by atoms with van der Waals surface area (Å²) in [5.41, 5.74) is 0.0541. The van der Waals surface area contributed by atoms with E-state index in [0.29, 0.717) is 12.1 Å². The van der Waals surface area contributed by atoms with E-state index in [4.69, 9.17) is 4.74 Å². The standard InChI is InChI=1S/C12H19N3O3/c1-14-8-9(11(16)15(2)12(14)17)6-13-7-10-4-3-5-18-10/h8,10,13H,3-7H2,1-2H3. The van der Waals surface area contributed by atoms with Gasteiger partial charge in [-0.05, 0) is 12.8 Å². The zero-order valence-electron chi connectivity index (χ0n) is 10.8. The smallest absolute Gasteiger partial charge is 0.330 e. The summed E-state index contributed by atoms with van der Waals surface area (Å²) in [5, 5.41) is 3.20. The second-order valence-corrected chi connectivity index (χ2v) is 4.68. The van der Waals surface area contributed by atoms with E-state index in [1.807, 2.05) is 0 Å². The lowest BCUT2D eigenvalue weighted by molar-refractivity contribution is 0.110. The molecule has 1 aliphatic rings. The lowest BCUT2D eigenvalue weighted by Crippen LogP contribution is -2.40. The Morgan fingerprint density at radius 3 is 2.89 bits per heavy atom. The van der Waals surface area contributed by atoms with Crippen molar-refractivity contribution in [3.63, 3.8) is 0 Å². The van der Waals surface area contributed by atoms with Crippen molar-refractivity contribution in [1.82, 2.24) is 14.5 Å². The fourth-order valence-electron chi connectivity index (χ4n) is 2.18. The van der Waals surface area contributed by atoms with Crippen LogP contribution in [0.15, 0.2) is 15.8 Å². The Bertz CT molecular complexity index is 526. The summed E-state index contributed by atoms with van der Waals surface area (Å²) < 4.78 is 8.04. The maximum absolute atomic E-state index is 11.8. The fourth-order valence-corrected chi connectivity index (χ4v) is 2.18. The van der Waals surface area contributed by atoms with Crippen LogP contribution in [0.2, 0.25) is 0 Å². The van der Waals surface area contributed by atoms with Gasteiger partial charge in [-0.25, -0.2) is 4.79 Å². The minimum atomic E-state index is -0.303. The van der Waals surface area contributed by atoms with Gasteiger partial charge >= 0.3 is 5.69 Å². The first-order valence-electron chi connectivity index (χ1n) is 6.17. The van der Waals surface area contributed by atoms with E-state index in [0.717, 1.165) is 30.6 Å². The van der Waals surface area contributed by atoms with Crippen molar-refractivity contribution in [3.05, 3.63) is 32.6 Å². The lowest BCUT2D eigenvalue weighted by atomic mass is 10.2. The van der Waals surface area contributed by atoms with Crippen LogP contribution in [0.25, 0.3) is 0 Å². The highest BCUT2D eigenvalue weighted by atomic mass is 16.5. The van der Waals surface area contributed by atoms with Gasteiger partial charge in [0, 0.05) is 45.6 Å². The summed E-state index contributed by atoms with van der Waals surface area (Å²) in [6.45, 7) is 2.03. The van der Waals surface area contributed by atoms with E-state index in [-0.39, 0.29) is 17.4 Å². The van der Waals surface area contributed by atoms with Gasteiger partial charge in [-0.1, -0.05) is 0 Å². The van der Waals surface area contributed by atoms with E-state index in [9.17, 15) is 9.59 Å². The first kappa shape index (κ1) is 13.0. The van der Waals surface area contributed by atoms with Crippen LogP contribution in [-0.2, 0) is 25.4 Å². The Morgan fingerprint density at radius 1 is 1.44 bits per heavy atom. The zero-order chi connectivity index (χ0) is 13.1. The van der Waals surface area contributed by atoms with Crippen LogP contribution in [0.5, 0.6) is 0 Å². The number of ether oxygens (including phenoxy) is 1. The third-order valence-electron chi connectivity index (χ3n) is 3.23. The molecule has 1 aromatic rings. The SMILES string of the molecule is Cn1cc(CNCC2CCCO2)c(=O)n(C)c1=O. The Kier molecular flexibility index (Phi) is 3.98. The van der Waals surface area contributed by atoms with Gasteiger partial charge in [0.05, 0.1) is 6.10 Å². The molecule has 0 amide bonds. The summed E-state index contributed by atoms with van der Waals surface area (Å²) in [6, 6.07) is 0. The quantitative estimate of drug-likeness (QED) is 0.774. The van der Waals surface area contributed by atoms with Gasteiger partial charge in [0.15, 0.2) is 0 Å². The second kappa shape index (κ2) is 5.49. The molecule has 0 radical (unpaired) electrons. The molecule has 1 saturated heterocycles. The molecule has 0 aromatic carbocycles. The number of nitrogens with one attached hydrogen (secondary N) is 1. The molecule has 1 aliphatic heterocycles. The normalized spacial score (nSPS) is 19.3. The van der Waals surface area contributed by atoms with Crippen molar-refractivity contribution >= 4 is 0 Å². The number of aromatic nitrogens is 2. The average molecular weight is 253 g/mol. The summed E-state index contributed by atoms with van der Waals surface area (Å²) in [6.07, 6.45) is 4.01. The van der Waals surface area contributed by atoms with Gasteiger partial charge in [-0.3, -0.25) is 9.36 Å². The Morgan fingerprint density at radius 2 is 2.22 bits per heavy atom. The molecule has 0 saturated carbocycles. The largest absolute Gasteiger partial charge is 0.377 e.